The number of fused-ring (bicyclic) bond motifs is 1. The smallest absolute Gasteiger partial charge is 0.201 e. The quantitative estimate of drug-likeness (QED) is 0.754. The highest BCUT2D eigenvalue weighted by Crippen LogP contribution is 2.21. The van der Waals surface area contributed by atoms with Gasteiger partial charge in [-0.3, -0.25) is 0 Å². The summed E-state index contributed by atoms with van der Waals surface area (Å²) in [6, 6.07) is 5.91. The van der Waals surface area contributed by atoms with Crippen LogP contribution in [0, 0.1) is 6.92 Å². The minimum absolute atomic E-state index is 0.576. The molecule has 0 atom stereocenters. The summed E-state index contributed by atoms with van der Waals surface area (Å²) in [6.07, 6.45) is 0.585. The van der Waals surface area contributed by atoms with Crippen molar-refractivity contribution in [2.75, 3.05) is 5.73 Å². The Morgan fingerprint density at radius 3 is 2.94 bits per heavy atom. The Balaban J connectivity index is 1.98. The number of nitrogens with zero attached hydrogens (tertiary/aromatic N) is 2. The number of thiazole rings is 1. The lowest BCUT2D eigenvalue weighted by Crippen LogP contribution is -1.89. The standard InChI is InChI=1S/C12H11N3OS/c1-7-3-2-4-9-11(7)15-10(16-9)5-8-6-17-12(13)14-8/h2-4,6H,5H2,1H3,(H2,13,14). The predicted molar refractivity (Wildman–Crippen MR) is 68.1 cm³/mol. The molecule has 0 bridgehead atoms. The first-order valence-electron chi connectivity index (χ1n) is 5.27. The molecule has 0 aliphatic carbocycles. The van der Waals surface area contributed by atoms with Crippen LogP contribution in [0.3, 0.4) is 0 Å². The van der Waals surface area contributed by atoms with Gasteiger partial charge in [-0.15, -0.1) is 11.3 Å². The van der Waals surface area contributed by atoms with Crippen LogP contribution in [0.4, 0.5) is 5.13 Å². The van der Waals surface area contributed by atoms with Crippen molar-refractivity contribution < 1.29 is 4.42 Å². The molecular formula is C12H11N3OS. The van der Waals surface area contributed by atoms with Crippen molar-refractivity contribution in [2.45, 2.75) is 13.3 Å². The fraction of sp³-hybridized carbons (Fsp3) is 0.167. The lowest BCUT2D eigenvalue weighted by Gasteiger charge is -1.88. The molecule has 2 heterocycles. The van der Waals surface area contributed by atoms with Crippen molar-refractivity contribution in [3.8, 4) is 0 Å². The Morgan fingerprint density at radius 1 is 1.35 bits per heavy atom. The number of nitrogen functional groups attached to an aromatic ring is 1. The van der Waals surface area contributed by atoms with Gasteiger partial charge >= 0.3 is 0 Å². The number of nitrogens with two attached hydrogens (primary N) is 1. The van der Waals surface area contributed by atoms with E-state index in [2.05, 4.69) is 9.97 Å². The van der Waals surface area contributed by atoms with Crippen molar-refractivity contribution in [1.82, 2.24) is 9.97 Å². The summed E-state index contributed by atoms with van der Waals surface area (Å²) in [5.74, 6) is 0.680. The second-order valence-corrected chi connectivity index (χ2v) is 4.77. The second-order valence-electron chi connectivity index (χ2n) is 3.88. The van der Waals surface area contributed by atoms with Gasteiger partial charge in [0.1, 0.15) is 5.52 Å². The first-order valence-corrected chi connectivity index (χ1v) is 6.15. The Kier molecular flexibility index (Phi) is 2.33. The number of benzene rings is 1. The van der Waals surface area contributed by atoms with Crippen molar-refractivity contribution >= 4 is 27.6 Å². The summed E-state index contributed by atoms with van der Waals surface area (Å²) in [7, 11) is 0. The van der Waals surface area contributed by atoms with E-state index in [0.717, 1.165) is 22.4 Å². The number of rotatable bonds is 2. The topological polar surface area (TPSA) is 64.9 Å². The van der Waals surface area contributed by atoms with Gasteiger partial charge in [-0.05, 0) is 18.6 Å². The molecule has 2 aromatic heterocycles. The van der Waals surface area contributed by atoms with Crippen molar-refractivity contribution in [2.24, 2.45) is 0 Å². The largest absolute Gasteiger partial charge is 0.440 e. The summed E-state index contributed by atoms with van der Waals surface area (Å²) >= 11 is 1.43. The van der Waals surface area contributed by atoms with Gasteiger partial charge in [0.2, 0.25) is 5.89 Å². The number of oxazole rings is 1. The molecule has 3 rings (SSSR count). The van der Waals surface area contributed by atoms with E-state index in [-0.39, 0.29) is 0 Å². The van der Waals surface area contributed by atoms with E-state index in [0.29, 0.717) is 17.4 Å². The number of hydrogen-bond acceptors (Lipinski definition) is 5. The highest BCUT2D eigenvalue weighted by Gasteiger charge is 2.09. The SMILES string of the molecule is Cc1cccc2oc(Cc3csc(N)n3)nc12. The molecule has 1 aromatic carbocycles. The van der Waals surface area contributed by atoms with Crippen LogP contribution in [0.5, 0.6) is 0 Å². The van der Waals surface area contributed by atoms with Crippen LogP contribution >= 0.6 is 11.3 Å². The van der Waals surface area contributed by atoms with Gasteiger partial charge in [-0.1, -0.05) is 12.1 Å². The number of aryl methyl sites for hydroxylation is 1. The van der Waals surface area contributed by atoms with E-state index in [1.807, 2.05) is 30.5 Å². The van der Waals surface area contributed by atoms with Crippen molar-refractivity contribution in [3.05, 3.63) is 40.7 Å². The van der Waals surface area contributed by atoms with E-state index in [9.17, 15) is 0 Å². The molecule has 0 saturated heterocycles. The summed E-state index contributed by atoms with van der Waals surface area (Å²) in [6.45, 7) is 2.02. The molecule has 0 fully saturated rings. The van der Waals surface area contributed by atoms with Crippen molar-refractivity contribution in [3.63, 3.8) is 0 Å². The molecule has 0 unspecified atom stereocenters. The molecule has 3 aromatic rings. The lowest BCUT2D eigenvalue weighted by molar-refractivity contribution is 0.542. The molecule has 0 radical (unpaired) electrons. The molecule has 0 spiro atoms. The maximum atomic E-state index is 5.67. The van der Waals surface area contributed by atoms with E-state index in [4.69, 9.17) is 10.2 Å². The molecule has 0 saturated carbocycles. The second kappa shape index (κ2) is 3.85. The van der Waals surface area contributed by atoms with Crippen LogP contribution in [-0.2, 0) is 6.42 Å². The first-order chi connectivity index (χ1) is 8.22. The fourth-order valence-corrected chi connectivity index (χ4v) is 2.33. The maximum Gasteiger partial charge on any atom is 0.201 e. The zero-order valence-corrected chi connectivity index (χ0v) is 10.1. The average Bonchev–Trinajstić information content (AvgIpc) is 2.86. The third kappa shape index (κ3) is 1.89. The minimum Gasteiger partial charge on any atom is -0.440 e. The summed E-state index contributed by atoms with van der Waals surface area (Å²) in [5, 5.41) is 2.50. The molecule has 4 nitrogen and oxygen atoms in total. The Hall–Kier alpha value is -1.88. The zero-order valence-electron chi connectivity index (χ0n) is 9.30. The van der Waals surface area contributed by atoms with E-state index >= 15 is 0 Å². The van der Waals surface area contributed by atoms with Gasteiger partial charge in [0.15, 0.2) is 10.7 Å². The van der Waals surface area contributed by atoms with Crippen LogP contribution in [-0.4, -0.2) is 9.97 Å². The van der Waals surface area contributed by atoms with E-state index in [1.165, 1.54) is 11.3 Å². The van der Waals surface area contributed by atoms with Gasteiger partial charge < -0.3 is 10.2 Å². The molecule has 2 N–H and O–H groups in total. The molecule has 5 heteroatoms. The van der Waals surface area contributed by atoms with Gasteiger partial charge in [0.25, 0.3) is 0 Å². The number of hydrogen-bond donors (Lipinski definition) is 1. The van der Waals surface area contributed by atoms with E-state index < -0.39 is 0 Å². The van der Waals surface area contributed by atoms with Crippen molar-refractivity contribution in [1.29, 1.82) is 0 Å². The third-order valence-electron chi connectivity index (χ3n) is 2.57. The van der Waals surface area contributed by atoms with Gasteiger partial charge in [0, 0.05) is 5.38 Å². The van der Waals surface area contributed by atoms with Crippen LogP contribution in [0.15, 0.2) is 28.0 Å². The number of para-hydroxylation sites is 1. The molecule has 0 aliphatic rings. The monoisotopic (exact) mass is 245 g/mol. The molecule has 86 valence electrons. The third-order valence-corrected chi connectivity index (χ3v) is 3.29. The highest BCUT2D eigenvalue weighted by molar-refractivity contribution is 7.13. The summed E-state index contributed by atoms with van der Waals surface area (Å²) < 4.78 is 5.67. The fourth-order valence-electron chi connectivity index (χ4n) is 1.77. The van der Waals surface area contributed by atoms with E-state index in [1.54, 1.807) is 0 Å². The summed E-state index contributed by atoms with van der Waals surface area (Å²) in [4.78, 5) is 8.67. The molecule has 0 aliphatic heterocycles. The maximum absolute atomic E-state index is 5.67. The molecular weight excluding hydrogens is 234 g/mol. The first kappa shape index (κ1) is 10.3. The zero-order chi connectivity index (χ0) is 11.8. The number of anilines is 1. The average molecular weight is 245 g/mol. The summed E-state index contributed by atoms with van der Waals surface area (Å²) in [5.41, 5.74) is 9.35. The van der Waals surface area contributed by atoms with Crippen LogP contribution in [0.1, 0.15) is 17.1 Å². The van der Waals surface area contributed by atoms with Crippen LogP contribution in [0.25, 0.3) is 11.1 Å². The number of aromatic nitrogens is 2. The highest BCUT2D eigenvalue weighted by atomic mass is 32.1. The van der Waals surface area contributed by atoms with Crippen LogP contribution in [0.2, 0.25) is 0 Å². The predicted octanol–water partition coefficient (Wildman–Crippen LogP) is 2.77. The normalized spacial score (nSPS) is 11.1. The molecule has 0 amide bonds. The minimum atomic E-state index is 0.576. The van der Waals surface area contributed by atoms with Gasteiger partial charge in [0.05, 0.1) is 12.1 Å². The Bertz CT molecular complexity index is 671. The molecule has 17 heavy (non-hydrogen) atoms. The lowest BCUT2D eigenvalue weighted by atomic mass is 10.2. The van der Waals surface area contributed by atoms with Gasteiger partial charge in [-0.25, -0.2) is 9.97 Å². The Labute approximate surface area is 102 Å². The Morgan fingerprint density at radius 2 is 2.24 bits per heavy atom. The van der Waals surface area contributed by atoms with Gasteiger partial charge in [-0.2, -0.15) is 0 Å². The van der Waals surface area contributed by atoms with Crippen LogP contribution < -0.4 is 5.73 Å².